The van der Waals surface area contributed by atoms with E-state index in [1.54, 1.807) is 6.07 Å². The molecule has 2 aliphatic rings. The summed E-state index contributed by atoms with van der Waals surface area (Å²) >= 11 is 5.92. The molecule has 0 saturated carbocycles. The lowest BCUT2D eigenvalue weighted by molar-refractivity contribution is 0.0735. The van der Waals surface area contributed by atoms with E-state index in [0.717, 1.165) is 42.8 Å². The molecular weight excluding hydrogens is 330 g/mol. The topological polar surface area (TPSA) is 75.4 Å². The number of nitrogens with zero attached hydrogens (tertiary/aromatic N) is 5. The van der Waals surface area contributed by atoms with Crippen LogP contribution in [0.4, 0.5) is 5.82 Å². The van der Waals surface area contributed by atoms with Crippen molar-refractivity contribution in [3.05, 3.63) is 34.6 Å². The molecule has 1 aliphatic heterocycles. The van der Waals surface area contributed by atoms with Gasteiger partial charge in [-0.15, -0.1) is 0 Å². The number of anilines is 1. The first-order valence-electron chi connectivity index (χ1n) is 8.21. The van der Waals surface area contributed by atoms with E-state index in [-0.39, 0.29) is 5.91 Å². The molecular formula is C16H18ClN5O2. The van der Waals surface area contributed by atoms with Crippen molar-refractivity contribution in [3.8, 4) is 0 Å². The highest BCUT2D eigenvalue weighted by molar-refractivity contribution is 6.29. The minimum atomic E-state index is -0.0257. The van der Waals surface area contributed by atoms with E-state index in [2.05, 4.69) is 20.0 Å². The first-order chi connectivity index (χ1) is 11.7. The van der Waals surface area contributed by atoms with Crippen molar-refractivity contribution in [1.82, 2.24) is 20.0 Å². The van der Waals surface area contributed by atoms with Crippen molar-refractivity contribution in [2.45, 2.75) is 25.7 Å². The molecule has 1 fully saturated rings. The van der Waals surface area contributed by atoms with Gasteiger partial charge in [-0.2, -0.15) is 0 Å². The molecule has 1 amide bonds. The average Bonchev–Trinajstić information content (AvgIpc) is 3.05. The molecule has 8 heteroatoms. The number of hydrogen-bond acceptors (Lipinski definition) is 6. The maximum absolute atomic E-state index is 12.8. The van der Waals surface area contributed by atoms with E-state index in [1.165, 1.54) is 6.33 Å². The van der Waals surface area contributed by atoms with Crippen LogP contribution in [0.2, 0.25) is 5.15 Å². The molecule has 7 nitrogen and oxygen atoms in total. The zero-order chi connectivity index (χ0) is 16.5. The van der Waals surface area contributed by atoms with Crippen LogP contribution in [-0.2, 0) is 12.8 Å². The van der Waals surface area contributed by atoms with Crippen LogP contribution in [0, 0.1) is 0 Å². The van der Waals surface area contributed by atoms with Crippen molar-refractivity contribution >= 4 is 23.3 Å². The van der Waals surface area contributed by atoms with Gasteiger partial charge in [-0.05, 0) is 19.3 Å². The van der Waals surface area contributed by atoms with E-state index in [4.69, 9.17) is 16.1 Å². The number of aryl methyl sites for hydroxylation is 1. The quantitative estimate of drug-likeness (QED) is 0.773. The van der Waals surface area contributed by atoms with E-state index in [9.17, 15) is 4.79 Å². The first-order valence-corrected chi connectivity index (χ1v) is 8.59. The Labute approximate surface area is 144 Å². The van der Waals surface area contributed by atoms with E-state index in [1.807, 2.05) is 4.90 Å². The number of aromatic nitrogens is 3. The van der Waals surface area contributed by atoms with Crippen molar-refractivity contribution < 1.29 is 9.32 Å². The zero-order valence-corrected chi connectivity index (χ0v) is 14.0. The lowest BCUT2D eigenvalue weighted by Gasteiger charge is -2.35. The van der Waals surface area contributed by atoms with Crippen molar-refractivity contribution in [3.63, 3.8) is 0 Å². The van der Waals surface area contributed by atoms with Crippen LogP contribution >= 0.6 is 11.6 Å². The molecule has 0 aromatic carbocycles. The summed E-state index contributed by atoms with van der Waals surface area (Å²) in [6.45, 7) is 2.67. The summed E-state index contributed by atoms with van der Waals surface area (Å²) in [7, 11) is 0. The second kappa shape index (κ2) is 6.39. The largest absolute Gasteiger partial charge is 0.360 e. The van der Waals surface area contributed by atoms with Gasteiger partial charge >= 0.3 is 0 Å². The second-order valence-corrected chi connectivity index (χ2v) is 6.51. The van der Waals surface area contributed by atoms with Gasteiger partial charge in [0.25, 0.3) is 5.91 Å². The van der Waals surface area contributed by atoms with Crippen LogP contribution in [0.3, 0.4) is 0 Å². The maximum Gasteiger partial charge on any atom is 0.276 e. The number of fused-ring (bicyclic) bond motifs is 1. The fourth-order valence-corrected chi connectivity index (χ4v) is 3.48. The number of piperazine rings is 1. The predicted octanol–water partition coefficient (Wildman–Crippen LogP) is 1.96. The first kappa shape index (κ1) is 15.4. The molecule has 0 bridgehead atoms. The Morgan fingerprint density at radius 1 is 1.12 bits per heavy atom. The van der Waals surface area contributed by atoms with Crippen LogP contribution in [0.15, 0.2) is 16.9 Å². The number of hydrogen-bond donors (Lipinski definition) is 0. The lowest BCUT2D eigenvalue weighted by atomic mass is 9.96. The molecule has 126 valence electrons. The fourth-order valence-electron chi connectivity index (χ4n) is 3.34. The van der Waals surface area contributed by atoms with E-state index >= 15 is 0 Å². The molecule has 0 radical (unpaired) electrons. The number of amides is 1. The third-order valence-electron chi connectivity index (χ3n) is 4.66. The van der Waals surface area contributed by atoms with Gasteiger partial charge in [-0.25, -0.2) is 9.97 Å². The van der Waals surface area contributed by atoms with Gasteiger partial charge in [-0.3, -0.25) is 4.79 Å². The Balaban J connectivity index is 1.44. The van der Waals surface area contributed by atoms with Gasteiger partial charge < -0.3 is 14.3 Å². The second-order valence-electron chi connectivity index (χ2n) is 6.12. The Hall–Kier alpha value is -2.15. The number of halogens is 1. The van der Waals surface area contributed by atoms with Crippen LogP contribution < -0.4 is 4.90 Å². The summed E-state index contributed by atoms with van der Waals surface area (Å²) < 4.78 is 5.36. The van der Waals surface area contributed by atoms with Crippen LogP contribution in [0.1, 0.15) is 34.7 Å². The molecule has 0 unspecified atom stereocenters. The predicted molar refractivity (Wildman–Crippen MR) is 88.3 cm³/mol. The molecule has 24 heavy (non-hydrogen) atoms. The summed E-state index contributed by atoms with van der Waals surface area (Å²) in [6.07, 6.45) is 5.43. The molecule has 2 aromatic heterocycles. The van der Waals surface area contributed by atoms with E-state index in [0.29, 0.717) is 37.0 Å². The van der Waals surface area contributed by atoms with Gasteiger partial charge in [0.2, 0.25) is 0 Å². The summed E-state index contributed by atoms with van der Waals surface area (Å²) in [5, 5.41) is 4.47. The minimum Gasteiger partial charge on any atom is -0.360 e. The zero-order valence-electron chi connectivity index (χ0n) is 13.2. The Morgan fingerprint density at radius 2 is 1.92 bits per heavy atom. The third kappa shape index (κ3) is 2.84. The summed E-state index contributed by atoms with van der Waals surface area (Å²) in [4.78, 5) is 24.9. The SMILES string of the molecule is O=C(c1noc2c1CCCC2)N1CCN(c2cc(Cl)ncn2)CC1. The summed E-state index contributed by atoms with van der Waals surface area (Å²) in [5.41, 5.74) is 1.51. The molecule has 1 saturated heterocycles. The van der Waals surface area contributed by atoms with Gasteiger partial charge in [0.1, 0.15) is 23.1 Å². The smallest absolute Gasteiger partial charge is 0.276 e. The molecule has 0 spiro atoms. The van der Waals surface area contributed by atoms with Crippen molar-refractivity contribution in [1.29, 1.82) is 0 Å². The fraction of sp³-hybridized carbons (Fsp3) is 0.500. The average molecular weight is 348 g/mol. The van der Waals surface area contributed by atoms with Crippen LogP contribution in [0.5, 0.6) is 0 Å². The maximum atomic E-state index is 12.8. The van der Waals surface area contributed by atoms with Gasteiger partial charge in [-0.1, -0.05) is 16.8 Å². The molecule has 1 aliphatic carbocycles. The number of carbonyl (C=O) groups is 1. The highest BCUT2D eigenvalue weighted by atomic mass is 35.5. The monoisotopic (exact) mass is 347 g/mol. The van der Waals surface area contributed by atoms with E-state index < -0.39 is 0 Å². The third-order valence-corrected chi connectivity index (χ3v) is 4.87. The molecule has 0 N–H and O–H groups in total. The van der Waals surface area contributed by atoms with Crippen molar-refractivity contribution in [2.75, 3.05) is 31.1 Å². The van der Waals surface area contributed by atoms with Gasteiger partial charge in [0.15, 0.2) is 5.69 Å². The molecule has 4 rings (SSSR count). The van der Waals surface area contributed by atoms with Gasteiger partial charge in [0.05, 0.1) is 0 Å². The van der Waals surface area contributed by atoms with Crippen LogP contribution in [-0.4, -0.2) is 52.1 Å². The van der Waals surface area contributed by atoms with Crippen molar-refractivity contribution in [2.24, 2.45) is 0 Å². The highest BCUT2D eigenvalue weighted by Crippen LogP contribution is 2.25. The minimum absolute atomic E-state index is 0.0257. The molecule has 3 heterocycles. The molecule has 2 aromatic rings. The number of carbonyl (C=O) groups excluding carboxylic acids is 1. The van der Waals surface area contributed by atoms with Gasteiger partial charge in [0, 0.05) is 44.2 Å². The standard InChI is InChI=1S/C16H18ClN5O2/c17-13-9-14(19-10-18-13)21-5-7-22(8-6-21)16(23)15-11-3-1-2-4-12(11)24-20-15/h9-10H,1-8H2. The summed E-state index contributed by atoms with van der Waals surface area (Å²) in [5.74, 6) is 1.65. The Kier molecular flexibility index (Phi) is 4.10. The highest BCUT2D eigenvalue weighted by Gasteiger charge is 2.29. The molecule has 0 atom stereocenters. The summed E-state index contributed by atoms with van der Waals surface area (Å²) in [6, 6.07) is 1.74. The lowest BCUT2D eigenvalue weighted by Crippen LogP contribution is -2.49. The van der Waals surface area contributed by atoms with Crippen LogP contribution in [0.25, 0.3) is 0 Å². The normalized spacial score (nSPS) is 17.7. The Bertz CT molecular complexity index is 755. The number of rotatable bonds is 2. The Morgan fingerprint density at radius 3 is 2.71 bits per heavy atom.